The number of rotatable bonds is 4. The molecule has 0 saturated heterocycles. The third kappa shape index (κ3) is 2.85. The Balaban J connectivity index is 3.08. The third-order valence-corrected chi connectivity index (χ3v) is 2.74. The van der Waals surface area contributed by atoms with Crippen LogP contribution in [-0.4, -0.2) is 17.7 Å². The standard InChI is InChI=1S/C13H16F2O3/c1-4-18-12(17)13(2,3)11(16)9-7-8(14)5-6-10(9)15/h5-7,11,16H,4H2,1-3H3. The molecule has 0 aliphatic heterocycles. The van der Waals surface area contributed by atoms with Crippen LogP contribution in [0.5, 0.6) is 0 Å². The summed E-state index contributed by atoms with van der Waals surface area (Å²) in [5, 5.41) is 10.0. The van der Waals surface area contributed by atoms with Crippen molar-refractivity contribution >= 4 is 5.97 Å². The Morgan fingerprint density at radius 2 is 2.06 bits per heavy atom. The first-order valence-electron chi connectivity index (χ1n) is 5.61. The second-order valence-corrected chi connectivity index (χ2v) is 4.51. The van der Waals surface area contributed by atoms with E-state index in [-0.39, 0.29) is 12.2 Å². The highest BCUT2D eigenvalue weighted by Gasteiger charge is 2.39. The normalized spacial score (nSPS) is 13.2. The van der Waals surface area contributed by atoms with Gasteiger partial charge in [0.25, 0.3) is 0 Å². The summed E-state index contributed by atoms with van der Waals surface area (Å²) in [7, 11) is 0. The molecule has 0 aliphatic carbocycles. The SMILES string of the molecule is CCOC(=O)C(C)(C)C(O)c1cc(F)ccc1F. The average Bonchev–Trinajstić information content (AvgIpc) is 2.31. The topological polar surface area (TPSA) is 46.5 Å². The minimum atomic E-state index is -1.48. The fourth-order valence-electron chi connectivity index (χ4n) is 1.54. The predicted molar refractivity (Wildman–Crippen MR) is 61.7 cm³/mol. The van der Waals surface area contributed by atoms with E-state index in [1.54, 1.807) is 6.92 Å². The minimum absolute atomic E-state index is 0.153. The fraction of sp³-hybridized carbons (Fsp3) is 0.462. The monoisotopic (exact) mass is 258 g/mol. The Labute approximate surface area is 104 Å². The zero-order chi connectivity index (χ0) is 13.9. The molecule has 0 saturated carbocycles. The lowest BCUT2D eigenvalue weighted by Gasteiger charge is -2.28. The van der Waals surface area contributed by atoms with E-state index < -0.39 is 29.1 Å². The van der Waals surface area contributed by atoms with E-state index >= 15 is 0 Å². The Hall–Kier alpha value is -1.49. The first kappa shape index (κ1) is 14.6. The predicted octanol–water partition coefficient (Wildman–Crippen LogP) is 2.59. The molecule has 0 aliphatic rings. The Bertz CT molecular complexity index is 444. The number of hydrogen-bond acceptors (Lipinski definition) is 3. The van der Waals surface area contributed by atoms with Crippen LogP contribution in [0.2, 0.25) is 0 Å². The molecule has 0 heterocycles. The van der Waals surface area contributed by atoms with E-state index in [4.69, 9.17) is 4.74 Å². The maximum Gasteiger partial charge on any atom is 0.314 e. The van der Waals surface area contributed by atoms with Crippen molar-refractivity contribution in [3.8, 4) is 0 Å². The molecular weight excluding hydrogens is 242 g/mol. The molecule has 0 fully saturated rings. The fourth-order valence-corrected chi connectivity index (χ4v) is 1.54. The van der Waals surface area contributed by atoms with E-state index in [0.29, 0.717) is 0 Å². The molecule has 0 radical (unpaired) electrons. The summed E-state index contributed by atoms with van der Waals surface area (Å²) in [6, 6.07) is 2.74. The van der Waals surface area contributed by atoms with Gasteiger partial charge in [-0.15, -0.1) is 0 Å². The highest BCUT2D eigenvalue weighted by Crippen LogP contribution is 2.35. The van der Waals surface area contributed by atoms with Crippen LogP contribution in [0.3, 0.4) is 0 Å². The van der Waals surface area contributed by atoms with Crippen LogP contribution >= 0.6 is 0 Å². The molecule has 1 rings (SSSR count). The van der Waals surface area contributed by atoms with Crippen LogP contribution in [0.1, 0.15) is 32.4 Å². The molecule has 5 heteroatoms. The summed E-state index contributed by atoms with van der Waals surface area (Å²) in [5.41, 5.74) is -1.61. The molecule has 1 N–H and O–H groups in total. The van der Waals surface area contributed by atoms with Crippen molar-refractivity contribution in [3.05, 3.63) is 35.4 Å². The number of esters is 1. The molecule has 1 aromatic rings. The molecule has 1 aromatic carbocycles. The molecule has 1 unspecified atom stereocenters. The summed E-state index contributed by atoms with van der Waals surface area (Å²) in [4.78, 5) is 11.7. The summed E-state index contributed by atoms with van der Waals surface area (Å²) in [6.07, 6.45) is -1.48. The molecular formula is C13H16F2O3. The molecule has 18 heavy (non-hydrogen) atoms. The van der Waals surface area contributed by atoms with Gasteiger partial charge in [0.2, 0.25) is 0 Å². The van der Waals surface area contributed by atoms with Crippen molar-refractivity contribution < 1.29 is 23.4 Å². The van der Waals surface area contributed by atoms with Gasteiger partial charge in [0.1, 0.15) is 11.6 Å². The molecule has 0 spiro atoms. The van der Waals surface area contributed by atoms with Crippen molar-refractivity contribution in [2.45, 2.75) is 26.9 Å². The molecule has 3 nitrogen and oxygen atoms in total. The Kier molecular flexibility index (Phi) is 4.40. The average molecular weight is 258 g/mol. The van der Waals surface area contributed by atoms with E-state index in [9.17, 15) is 18.7 Å². The lowest BCUT2D eigenvalue weighted by Crippen LogP contribution is -2.33. The number of aliphatic hydroxyl groups is 1. The third-order valence-electron chi connectivity index (χ3n) is 2.74. The quantitative estimate of drug-likeness (QED) is 0.844. The summed E-state index contributed by atoms with van der Waals surface area (Å²) < 4.78 is 31.4. The van der Waals surface area contributed by atoms with Gasteiger partial charge in [-0.2, -0.15) is 0 Å². The van der Waals surface area contributed by atoms with Gasteiger partial charge in [-0.25, -0.2) is 8.78 Å². The van der Waals surface area contributed by atoms with Crippen molar-refractivity contribution in [2.75, 3.05) is 6.61 Å². The van der Waals surface area contributed by atoms with Gasteiger partial charge >= 0.3 is 5.97 Å². The zero-order valence-corrected chi connectivity index (χ0v) is 10.5. The van der Waals surface area contributed by atoms with Crippen LogP contribution < -0.4 is 0 Å². The van der Waals surface area contributed by atoms with Crippen LogP contribution in [-0.2, 0) is 9.53 Å². The number of halogens is 2. The van der Waals surface area contributed by atoms with Crippen LogP contribution in [0.4, 0.5) is 8.78 Å². The lowest BCUT2D eigenvalue weighted by molar-refractivity contribution is -0.160. The van der Waals surface area contributed by atoms with Gasteiger partial charge in [0, 0.05) is 5.56 Å². The molecule has 0 aromatic heterocycles. The summed E-state index contributed by atoms with van der Waals surface area (Å²) >= 11 is 0. The van der Waals surface area contributed by atoms with E-state index in [0.717, 1.165) is 18.2 Å². The van der Waals surface area contributed by atoms with Crippen LogP contribution in [0.25, 0.3) is 0 Å². The number of benzene rings is 1. The van der Waals surface area contributed by atoms with E-state index in [1.807, 2.05) is 0 Å². The summed E-state index contributed by atoms with van der Waals surface area (Å²) in [6.45, 7) is 4.61. The van der Waals surface area contributed by atoms with Gasteiger partial charge in [-0.3, -0.25) is 4.79 Å². The second-order valence-electron chi connectivity index (χ2n) is 4.51. The highest BCUT2D eigenvalue weighted by atomic mass is 19.1. The van der Waals surface area contributed by atoms with Crippen LogP contribution in [0, 0.1) is 17.0 Å². The van der Waals surface area contributed by atoms with Gasteiger partial charge in [0.05, 0.1) is 18.1 Å². The van der Waals surface area contributed by atoms with Gasteiger partial charge in [-0.1, -0.05) is 0 Å². The first-order chi connectivity index (χ1) is 8.30. The van der Waals surface area contributed by atoms with Crippen molar-refractivity contribution in [1.29, 1.82) is 0 Å². The minimum Gasteiger partial charge on any atom is -0.465 e. The lowest BCUT2D eigenvalue weighted by atomic mass is 9.82. The molecule has 100 valence electrons. The number of ether oxygens (including phenoxy) is 1. The second kappa shape index (κ2) is 5.44. The highest BCUT2D eigenvalue weighted by molar-refractivity contribution is 5.77. The number of hydrogen-bond donors (Lipinski definition) is 1. The zero-order valence-electron chi connectivity index (χ0n) is 10.5. The summed E-state index contributed by atoms with van der Waals surface area (Å²) in [5.74, 6) is -2.10. The number of aliphatic hydroxyl groups excluding tert-OH is 1. The maximum atomic E-state index is 13.5. The maximum absolute atomic E-state index is 13.5. The van der Waals surface area contributed by atoms with Gasteiger partial charge in [0.15, 0.2) is 0 Å². The van der Waals surface area contributed by atoms with Crippen LogP contribution in [0.15, 0.2) is 18.2 Å². The molecule has 0 amide bonds. The van der Waals surface area contributed by atoms with Crippen molar-refractivity contribution in [1.82, 2.24) is 0 Å². The smallest absolute Gasteiger partial charge is 0.314 e. The first-order valence-corrected chi connectivity index (χ1v) is 5.61. The molecule has 0 bridgehead atoms. The van der Waals surface area contributed by atoms with E-state index in [1.165, 1.54) is 13.8 Å². The van der Waals surface area contributed by atoms with Gasteiger partial charge in [-0.05, 0) is 39.0 Å². The van der Waals surface area contributed by atoms with Crippen molar-refractivity contribution in [3.63, 3.8) is 0 Å². The Morgan fingerprint density at radius 1 is 1.44 bits per heavy atom. The molecule has 1 atom stereocenters. The number of carbonyl (C=O) groups is 1. The number of carbonyl (C=O) groups excluding carboxylic acids is 1. The largest absolute Gasteiger partial charge is 0.465 e. The van der Waals surface area contributed by atoms with Gasteiger partial charge < -0.3 is 9.84 Å². The Morgan fingerprint density at radius 3 is 2.61 bits per heavy atom. The van der Waals surface area contributed by atoms with E-state index in [2.05, 4.69) is 0 Å². The van der Waals surface area contributed by atoms with Crippen molar-refractivity contribution in [2.24, 2.45) is 5.41 Å².